The van der Waals surface area contributed by atoms with Gasteiger partial charge in [0.1, 0.15) is 0 Å². The van der Waals surface area contributed by atoms with Gasteiger partial charge in [0.15, 0.2) is 0 Å². The molecule has 2 fully saturated rings. The maximum atomic E-state index is 11.7. The van der Waals surface area contributed by atoms with E-state index in [-0.39, 0.29) is 12.5 Å². The Labute approximate surface area is 99.4 Å². The number of aliphatic carboxylic acids is 1. The number of carboxylic acids is 1. The Morgan fingerprint density at radius 1 is 1.41 bits per heavy atom. The monoisotopic (exact) mass is 242 g/mol. The summed E-state index contributed by atoms with van der Waals surface area (Å²) < 4.78 is 0. The van der Waals surface area contributed by atoms with Crippen LogP contribution in [0.15, 0.2) is 0 Å². The largest absolute Gasteiger partial charge is 0.481 e. The molecule has 0 bridgehead atoms. The SMILES string of the molecule is O=C(NCC1(C(=O)O)CCC1)C1CC(O)CN1. The van der Waals surface area contributed by atoms with Crippen LogP contribution >= 0.6 is 0 Å². The summed E-state index contributed by atoms with van der Waals surface area (Å²) >= 11 is 0. The van der Waals surface area contributed by atoms with Crippen LogP contribution in [0.3, 0.4) is 0 Å². The highest BCUT2D eigenvalue weighted by Crippen LogP contribution is 2.40. The van der Waals surface area contributed by atoms with Crippen molar-refractivity contribution in [2.24, 2.45) is 5.41 Å². The van der Waals surface area contributed by atoms with E-state index in [9.17, 15) is 14.7 Å². The molecule has 17 heavy (non-hydrogen) atoms. The molecule has 2 unspecified atom stereocenters. The molecule has 2 rings (SSSR count). The van der Waals surface area contributed by atoms with Crippen LogP contribution in [0.5, 0.6) is 0 Å². The highest BCUT2D eigenvalue weighted by atomic mass is 16.4. The summed E-state index contributed by atoms with van der Waals surface area (Å²) in [5, 5.41) is 24.0. The highest BCUT2D eigenvalue weighted by Gasteiger charge is 2.44. The van der Waals surface area contributed by atoms with Crippen LogP contribution in [0, 0.1) is 5.41 Å². The second-order valence-corrected chi connectivity index (χ2v) is 5.01. The van der Waals surface area contributed by atoms with Crippen molar-refractivity contribution < 1.29 is 19.8 Å². The van der Waals surface area contributed by atoms with Crippen LogP contribution in [0.4, 0.5) is 0 Å². The highest BCUT2D eigenvalue weighted by molar-refractivity contribution is 5.83. The second kappa shape index (κ2) is 4.62. The molecule has 1 saturated heterocycles. The Hall–Kier alpha value is -1.14. The first-order valence-corrected chi connectivity index (χ1v) is 5.96. The Balaban J connectivity index is 1.81. The normalized spacial score (nSPS) is 30.6. The van der Waals surface area contributed by atoms with Gasteiger partial charge in [-0.25, -0.2) is 0 Å². The number of rotatable bonds is 4. The Kier molecular flexibility index (Phi) is 3.35. The molecule has 1 aliphatic heterocycles. The van der Waals surface area contributed by atoms with Gasteiger partial charge in [-0.1, -0.05) is 6.42 Å². The van der Waals surface area contributed by atoms with Crippen LogP contribution in [0.25, 0.3) is 0 Å². The topological polar surface area (TPSA) is 98.7 Å². The molecule has 6 heteroatoms. The van der Waals surface area contributed by atoms with Gasteiger partial charge in [0.2, 0.25) is 5.91 Å². The summed E-state index contributed by atoms with van der Waals surface area (Å²) in [7, 11) is 0. The number of hydrogen-bond donors (Lipinski definition) is 4. The van der Waals surface area contributed by atoms with Crippen molar-refractivity contribution in [3.63, 3.8) is 0 Å². The van der Waals surface area contributed by atoms with E-state index in [2.05, 4.69) is 10.6 Å². The van der Waals surface area contributed by atoms with Gasteiger partial charge in [-0.05, 0) is 19.3 Å². The molecule has 0 aromatic carbocycles. The molecule has 2 atom stereocenters. The summed E-state index contributed by atoms with van der Waals surface area (Å²) in [6.07, 6.45) is 2.07. The van der Waals surface area contributed by atoms with Crippen LogP contribution in [0.2, 0.25) is 0 Å². The van der Waals surface area contributed by atoms with Crippen molar-refractivity contribution in [3.05, 3.63) is 0 Å². The first kappa shape index (κ1) is 12.3. The molecule has 1 amide bonds. The molecule has 0 aromatic heterocycles. The van der Waals surface area contributed by atoms with Gasteiger partial charge in [-0.3, -0.25) is 9.59 Å². The van der Waals surface area contributed by atoms with Gasteiger partial charge in [0.25, 0.3) is 0 Å². The predicted molar refractivity (Wildman–Crippen MR) is 59.3 cm³/mol. The minimum Gasteiger partial charge on any atom is -0.481 e. The zero-order valence-corrected chi connectivity index (χ0v) is 9.61. The first-order valence-electron chi connectivity index (χ1n) is 5.96. The Bertz CT molecular complexity index is 327. The summed E-state index contributed by atoms with van der Waals surface area (Å²) in [5.74, 6) is -1.04. The number of hydrogen-bond acceptors (Lipinski definition) is 4. The molecular weight excluding hydrogens is 224 g/mol. The lowest BCUT2D eigenvalue weighted by Crippen LogP contribution is -2.50. The fraction of sp³-hybridized carbons (Fsp3) is 0.818. The van der Waals surface area contributed by atoms with Gasteiger partial charge >= 0.3 is 5.97 Å². The van der Waals surface area contributed by atoms with Gasteiger partial charge in [-0.15, -0.1) is 0 Å². The van der Waals surface area contributed by atoms with Crippen molar-refractivity contribution in [1.82, 2.24) is 10.6 Å². The van der Waals surface area contributed by atoms with Crippen molar-refractivity contribution >= 4 is 11.9 Å². The molecule has 0 radical (unpaired) electrons. The van der Waals surface area contributed by atoms with E-state index in [1.165, 1.54) is 0 Å². The third-order valence-electron chi connectivity index (χ3n) is 3.79. The Morgan fingerprint density at radius 2 is 2.12 bits per heavy atom. The molecule has 1 heterocycles. The maximum Gasteiger partial charge on any atom is 0.311 e. The number of carboxylic acid groups (broad SMARTS) is 1. The fourth-order valence-corrected chi connectivity index (χ4v) is 2.37. The van der Waals surface area contributed by atoms with Gasteiger partial charge < -0.3 is 20.8 Å². The molecule has 2 aliphatic rings. The van der Waals surface area contributed by atoms with E-state index in [1.54, 1.807) is 0 Å². The number of carbonyl (C=O) groups excluding carboxylic acids is 1. The zero-order chi connectivity index (χ0) is 12.5. The number of carbonyl (C=O) groups is 2. The standard InChI is InChI=1S/C11H18N2O4/c14-7-4-8(12-5-7)9(15)13-6-11(10(16)17)2-1-3-11/h7-8,12,14H,1-6H2,(H,13,15)(H,16,17). The summed E-state index contributed by atoms with van der Waals surface area (Å²) in [4.78, 5) is 22.8. The molecular formula is C11H18N2O4. The predicted octanol–water partition coefficient (Wildman–Crippen LogP) is -0.920. The third-order valence-corrected chi connectivity index (χ3v) is 3.79. The van der Waals surface area contributed by atoms with Crippen LogP contribution in [-0.2, 0) is 9.59 Å². The molecule has 4 N–H and O–H groups in total. The molecule has 0 aromatic rings. The third kappa shape index (κ3) is 2.42. The van der Waals surface area contributed by atoms with Crippen molar-refractivity contribution in [2.45, 2.75) is 37.8 Å². The number of β-amino-alcohol motifs (C(OH)–C–C–N with tert-alkyl or cyclic N) is 1. The molecule has 6 nitrogen and oxygen atoms in total. The number of aliphatic hydroxyl groups excluding tert-OH is 1. The molecule has 96 valence electrons. The van der Waals surface area contributed by atoms with Crippen LogP contribution < -0.4 is 10.6 Å². The summed E-state index contributed by atoms with van der Waals surface area (Å²) in [6, 6.07) is -0.393. The van der Waals surface area contributed by atoms with Gasteiger partial charge in [0, 0.05) is 13.1 Å². The quantitative estimate of drug-likeness (QED) is 0.511. The summed E-state index contributed by atoms with van der Waals surface area (Å²) in [5.41, 5.74) is -0.757. The lowest BCUT2D eigenvalue weighted by atomic mass is 9.69. The lowest BCUT2D eigenvalue weighted by molar-refractivity contribution is -0.154. The van der Waals surface area contributed by atoms with E-state index < -0.39 is 23.5 Å². The first-order chi connectivity index (χ1) is 8.03. The van der Waals surface area contributed by atoms with E-state index in [0.29, 0.717) is 25.8 Å². The van der Waals surface area contributed by atoms with E-state index >= 15 is 0 Å². The van der Waals surface area contributed by atoms with Crippen molar-refractivity contribution in [3.8, 4) is 0 Å². The van der Waals surface area contributed by atoms with E-state index in [4.69, 9.17) is 5.11 Å². The Morgan fingerprint density at radius 3 is 2.53 bits per heavy atom. The smallest absolute Gasteiger partial charge is 0.311 e. The van der Waals surface area contributed by atoms with Gasteiger partial charge in [-0.2, -0.15) is 0 Å². The average Bonchev–Trinajstić information content (AvgIpc) is 2.62. The van der Waals surface area contributed by atoms with Crippen LogP contribution in [-0.4, -0.2) is 47.3 Å². The average molecular weight is 242 g/mol. The summed E-state index contributed by atoms with van der Waals surface area (Å²) in [6.45, 7) is 0.609. The number of amides is 1. The van der Waals surface area contributed by atoms with Crippen molar-refractivity contribution in [1.29, 1.82) is 0 Å². The number of nitrogens with one attached hydrogen (secondary N) is 2. The van der Waals surface area contributed by atoms with Crippen molar-refractivity contribution in [2.75, 3.05) is 13.1 Å². The fourth-order valence-electron chi connectivity index (χ4n) is 2.37. The van der Waals surface area contributed by atoms with Gasteiger partial charge in [0.05, 0.1) is 17.6 Å². The number of aliphatic hydroxyl groups is 1. The minimum absolute atomic E-state index is 0.190. The minimum atomic E-state index is -0.830. The molecule has 0 spiro atoms. The molecule has 1 aliphatic carbocycles. The zero-order valence-electron chi connectivity index (χ0n) is 9.61. The van der Waals surface area contributed by atoms with E-state index in [1.807, 2.05) is 0 Å². The second-order valence-electron chi connectivity index (χ2n) is 5.01. The molecule has 1 saturated carbocycles. The lowest BCUT2D eigenvalue weighted by Gasteiger charge is -2.37. The van der Waals surface area contributed by atoms with E-state index in [0.717, 1.165) is 6.42 Å². The van der Waals surface area contributed by atoms with Crippen LogP contribution in [0.1, 0.15) is 25.7 Å². The maximum absolute atomic E-state index is 11.7.